The van der Waals surface area contributed by atoms with Crippen LogP contribution in [-0.2, 0) is 4.74 Å². The van der Waals surface area contributed by atoms with Crippen molar-refractivity contribution in [1.82, 2.24) is 0 Å². The van der Waals surface area contributed by atoms with E-state index in [0.29, 0.717) is 6.61 Å². The SMILES string of the molecule is CC(O)CCCC(C)OCC(C)(CO)CO. The summed E-state index contributed by atoms with van der Waals surface area (Å²) in [6.45, 7) is 5.73. The van der Waals surface area contributed by atoms with Gasteiger partial charge in [0.05, 0.1) is 32.0 Å². The van der Waals surface area contributed by atoms with Crippen LogP contribution in [0.25, 0.3) is 0 Å². The predicted molar refractivity (Wildman–Crippen MR) is 63.2 cm³/mol. The fraction of sp³-hybridized carbons (Fsp3) is 1.00. The number of hydrogen-bond acceptors (Lipinski definition) is 4. The van der Waals surface area contributed by atoms with Crippen LogP contribution in [0, 0.1) is 5.41 Å². The lowest BCUT2D eigenvalue weighted by Crippen LogP contribution is -2.33. The Bertz CT molecular complexity index is 166. The summed E-state index contributed by atoms with van der Waals surface area (Å²) in [5.74, 6) is 0. The van der Waals surface area contributed by atoms with Gasteiger partial charge in [0.15, 0.2) is 0 Å². The van der Waals surface area contributed by atoms with Crippen molar-refractivity contribution in [2.24, 2.45) is 5.41 Å². The second kappa shape index (κ2) is 8.01. The second-order valence-corrected chi connectivity index (χ2v) is 5.03. The molecule has 0 saturated heterocycles. The van der Waals surface area contributed by atoms with E-state index in [1.54, 1.807) is 13.8 Å². The molecule has 0 saturated carbocycles. The minimum absolute atomic E-state index is 0.0795. The summed E-state index contributed by atoms with van der Waals surface area (Å²) < 4.78 is 5.57. The van der Waals surface area contributed by atoms with Gasteiger partial charge in [-0.15, -0.1) is 0 Å². The standard InChI is InChI=1S/C12H26O4/c1-10(15)5-4-6-11(2)16-9-12(3,7-13)8-14/h10-11,13-15H,4-9H2,1-3H3. The number of ether oxygens (including phenoxy) is 1. The Morgan fingerprint density at radius 3 is 2.12 bits per heavy atom. The first kappa shape index (κ1) is 15.8. The maximum atomic E-state index is 9.09. The van der Waals surface area contributed by atoms with E-state index in [1.807, 2.05) is 6.92 Å². The maximum Gasteiger partial charge on any atom is 0.0567 e. The maximum absolute atomic E-state index is 9.09. The quantitative estimate of drug-likeness (QED) is 0.555. The van der Waals surface area contributed by atoms with Crippen LogP contribution < -0.4 is 0 Å². The van der Waals surface area contributed by atoms with E-state index in [9.17, 15) is 0 Å². The summed E-state index contributed by atoms with van der Waals surface area (Å²) in [6.07, 6.45) is 2.43. The third-order valence-electron chi connectivity index (χ3n) is 2.71. The number of rotatable bonds is 9. The van der Waals surface area contributed by atoms with Crippen molar-refractivity contribution >= 4 is 0 Å². The molecule has 0 aromatic carbocycles. The number of aliphatic hydroxyl groups is 3. The van der Waals surface area contributed by atoms with E-state index in [-0.39, 0.29) is 25.4 Å². The van der Waals surface area contributed by atoms with Gasteiger partial charge in [-0.1, -0.05) is 6.92 Å². The van der Waals surface area contributed by atoms with E-state index in [1.165, 1.54) is 0 Å². The first-order chi connectivity index (χ1) is 7.43. The summed E-state index contributed by atoms with van der Waals surface area (Å²) in [7, 11) is 0. The molecule has 0 fully saturated rings. The van der Waals surface area contributed by atoms with Gasteiger partial charge in [-0.05, 0) is 33.1 Å². The van der Waals surface area contributed by atoms with E-state index in [0.717, 1.165) is 19.3 Å². The Balaban J connectivity index is 3.67. The molecule has 98 valence electrons. The van der Waals surface area contributed by atoms with Crippen LogP contribution in [0.5, 0.6) is 0 Å². The van der Waals surface area contributed by atoms with Crippen LogP contribution >= 0.6 is 0 Å². The molecule has 4 nitrogen and oxygen atoms in total. The fourth-order valence-electron chi connectivity index (χ4n) is 1.27. The monoisotopic (exact) mass is 234 g/mol. The summed E-state index contributed by atoms with van der Waals surface area (Å²) in [4.78, 5) is 0. The second-order valence-electron chi connectivity index (χ2n) is 5.03. The molecular weight excluding hydrogens is 208 g/mol. The van der Waals surface area contributed by atoms with Gasteiger partial charge < -0.3 is 20.1 Å². The zero-order chi connectivity index (χ0) is 12.6. The molecule has 2 unspecified atom stereocenters. The Labute approximate surface area is 98.2 Å². The zero-order valence-electron chi connectivity index (χ0n) is 10.6. The van der Waals surface area contributed by atoms with Gasteiger partial charge in [-0.3, -0.25) is 0 Å². The van der Waals surface area contributed by atoms with Gasteiger partial charge in [0, 0.05) is 5.41 Å². The van der Waals surface area contributed by atoms with Gasteiger partial charge in [0.1, 0.15) is 0 Å². The number of hydrogen-bond donors (Lipinski definition) is 3. The van der Waals surface area contributed by atoms with Crippen molar-refractivity contribution in [2.75, 3.05) is 19.8 Å². The highest BCUT2D eigenvalue weighted by Gasteiger charge is 2.23. The molecule has 0 amide bonds. The van der Waals surface area contributed by atoms with Crippen molar-refractivity contribution in [3.63, 3.8) is 0 Å². The largest absolute Gasteiger partial charge is 0.396 e. The van der Waals surface area contributed by atoms with Gasteiger partial charge in [-0.2, -0.15) is 0 Å². The molecule has 2 atom stereocenters. The van der Waals surface area contributed by atoms with E-state index >= 15 is 0 Å². The third-order valence-corrected chi connectivity index (χ3v) is 2.71. The molecule has 0 aliphatic heterocycles. The van der Waals surface area contributed by atoms with Crippen molar-refractivity contribution in [2.45, 2.75) is 52.2 Å². The molecule has 0 rings (SSSR count). The van der Waals surface area contributed by atoms with Gasteiger partial charge in [0.25, 0.3) is 0 Å². The molecule has 0 radical (unpaired) electrons. The van der Waals surface area contributed by atoms with Gasteiger partial charge in [0.2, 0.25) is 0 Å². The number of aliphatic hydroxyl groups excluding tert-OH is 3. The first-order valence-electron chi connectivity index (χ1n) is 5.95. The molecule has 4 heteroatoms. The average molecular weight is 234 g/mol. The van der Waals surface area contributed by atoms with Crippen LogP contribution in [0.2, 0.25) is 0 Å². The third kappa shape index (κ3) is 7.17. The smallest absolute Gasteiger partial charge is 0.0567 e. The van der Waals surface area contributed by atoms with Crippen molar-refractivity contribution in [3.05, 3.63) is 0 Å². The summed E-state index contributed by atoms with van der Waals surface area (Å²) in [5, 5.41) is 27.2. The fourth-order valence-corrected chi connectivity index (χ4v) is 1.27. The van der Waals surface area contributed by atoms with E-state index in [2.05, 4.69) is 0 Å². The minimum atomic E-state index is -0.557. The topological polar surface area (TPSA) is 69.9 Å². The summed E-state index contributed by atoms with van der Waals surface area (Å²) >= 11 is 0. The highest BCUT2D eigenvalue weighted by Crippen LogP contribution is 2.17. The van der Waals surface area contributed by atoms with Crippen LogP contribution in [0.15, 0.2) is 0 Å². The highest BCUT2D eigenvalue weighted by molar-refractivity contribution is 4.71. The summed E-state index contributed by atoms with van der Waals surface area (Å²) in [5.41, 5.74) is -0.557. The van der Waals surface area contributed by atoms with Crippen LogP contribution in [0.4, 0.5) is 0 Å². The molecule has 16 heavy (non-hydrogen) atoms. The Kier molecular flexibility index (Phi) is 7.93. The predicted octanol–water partition coefficient (Wildman–Crippen LogP) is 0.933. The molecule has 0 heterocycles. The lowest BCUT2D eigenvalue weighted by atomic mass is 9.94. The molecular formula is C12H26O4. The summed E-state index contributed by atoms with van der Waals surface area (Å²) in [6, 6.07) is 0. The van der Waals surface area contributed by atoms with E-state index < -0.39 is 5.41 Å². The van der Waals surface area contributed by atoms with Crippen molar-refractivity contribution in [3.8, 4) is 0 Å². The Morgan fingerprint density at radius 2 is 1.69 bits per heavy atom. The first-order valence-corrected chi connectivity index (χ1v) is 5.95. The van der Waals surface area contributed by atoms with Gasteiger partial charge >= 0.3 is 0 Å². The molecule has 0 aromatic heterocycles. The molecule has 0 aliphatic rings. The zero-order valence-corrected chi connectivity index (χ0v) is 10.6. The van der Waals surface area contributed by atoms with Crippen LogP contribution in [-0.4, -0.2) is 47.3 Å². The lowest BCUT2D eigenvalue weighted by Gasteiger charge is -2.26. The Morgan fingerprint density at radius 1 is 1.12 bits per heavy atom. The molecule has 3 N–H and O–H groups in total. The van der Waals surface area contributed by atoms with Gasteiger partial charge in [-0.25, -0.2) is 0 Å². The van der Waals surface area contributed by atoms with Crippen LogP contribution in [0.3, 0.4) is 0 Å². The molecule has 0 aliphatic carbocycles. The molecule has 0 aromatic rings. The lowest BCUT2D eigenvalue weighted by molar-refractivity contribution is -0.0452. The average Bonchev–Trinajstić information content (AvgIpc) is 2.25. The van der Waals surface area contributed by atoms with E-state index in [4.69, 9.17) is 20.1 Å². The van der Waals surface area contributed by atoms with Crippen molar-refractivity contribution < 1.29 is 20.1 Å². The Hall–Kier alpha value is -0.160. The van der Waals surface area contributed by atoms with Crippen LogP contribution in [0.1, 0.15) is 40.0 Å². The highest BCUT2D eigenvalue weighted by atomic mass is 16.5. The molecule has 0 spiro atoms. The normalized spacial score (nSPS) is 16.1. The minimum Gasteiger partial charge on any atom is -0.396 e. The van der Waals surface area contributed by atoms with Crippen molar-refractivity contribution in [1.29, 1.82) is 0 Å². The molecule has 0 bridgehead atoms.